The number of hydrogen-bond donors (Lipinski definition) is 3. The summed E-state index contributed by atoms with van der Waals surface area (Å²) in [4.78, 5) is 13.6. The zero-order valence-corrected chi connectivity index (χ0v) is 13.5. The predicted octanol–water partition coefficient (Wildman–Crippen LogP) is 0.456. The minimum Gasteiger partial charge on any atom is -0.398 e. The summed E-state index contributed by atoms with van der Waals surface area (Å²) < 4.78 is 25.6. The van der Waals surface area contributed by atoms with Crippen molar-refractivity contribution in [3.05, 3.63) is 18.2 Å². The standard InChI is InChI=1S/C13H22N4O3S/c1-5-17(4)13(18)9(2)16-10-6-7-12(11(14)8-10)21(19,20)15-3/h6-9,15-16H,5,14H2,1-4H3. The molecule has 1 unspecified atom stereocenters. The van der Waals surface area contributed by atoms with E-state index in [0.717, 1.165) is 0 Å². The molecule has 4 N–H and O–H groups in total. The zero-order chi connectivity index (χ0) is 16.2. The molecule has 0 saturated carbocycles. The number of nitrogens with zero attached hydrogens (tertiary/aromatic N) is 1. The number of rotatable bonds is 6. The number of sulfonamides is 1. The van der Waals surface area contributed by atoms with Crippen molar-refractivity contribution in [2.45, 2.75) is 24.8 Å². The van der Waals surface area contributed by atoms with Gasteiger partial charge in [0, 0.05) is 19.3 Å². The van der Waals surface area contributed by atoms with Gasteiger partial charge in [-0.15, -0.1) is 0 Å². The number of anilines is 2. The van der Waals surface area contributed by atoms with Gasteiger partial charge in [0.25, 0.3) is 0 Å². The monoisotopic (exact) mass is 314 g/mol. The highest BCUT2D eigenvalue weighted by Gasteiger charge is 2.18. The van der Waals surface area contributed by atoms with Crippen molar-refractivity contribution < 1.29 is 13.2 Å². The average molecular weight is 314 g/mol. The fourth-order valence-electron chi connectivity index (χ4n) is 1.79. The van der Waals surface area contributed by atoms with Gasteiger partial charge in [0.1, 0.15) is 10.9 Å². The number of amides is 1. The highest BCUT2D eigenvalue weighted by molar-refractivity contribution is 7.89. The smallest absolute Gasteiger partial charge is 0.244 e. The lowest BCUT2D eigenvalue weighted by molar-refractivity contribution is -0.130. The van der Waals surface area contributed by atoms with Crippen molar-refractivity contribution in [1.82, 2.24) is 9.62 Å². The summed E-state index contributed by atoms with van der Waals surface area (Å²) in [6, 6.07) is 4.06. The van der Waals surface area contributed by atoms with Gasteiger partial charge in [0.15, 0.2) is 0 Å². The van der Waals surface area contributed by atoms with Crippen LogP contribution in [0.25, 0.3) is 0 Å². The fraction of sp³-hybridized carbons (Fsp3) is 0.462. The first-order valence-corrected chi connectivity index (χ1v) is 8.05. The van der Waals surface area contributed by atoms with Crippen molar-refractivity contribution >= 4 is 27.3 Å². The molecule has 21 heavy (non-hydrogen) atoms. The third kappa shape index (κ3) is 4.08. The molecule has 0 aliphatic carbocycles. The van der Waals surface area contributed by atoms with Crippen LogP contribution in [0.2, 0.25) is 0 Å². The van der Waals surface area contributed by atoms with E-state index in [-0.39, 0.29) is 16.5 Å². The van der Waals surface area contributed by atoms with Crippen molar-refractivity contribution in [2.24, 2.45) is 0 Å². The lowest BCUT2D eigenvalue weighted by Gasteiger charge is -2.21. The Morgan fingerprint density at radius 1 is 1.43 bits per heavy atom. The maximum absolute atomic E-state index is 12.0. The topological polar surface area (TPSA) is 105 Å². The molecule has 118 valence electrons. The van der Waals surface area contributed by atoms with Gasteiger partial charge in [-0.1, -0.05) is 0 Å². The summed E-state index contributed by atoms with van der Waals surface area (Å²) >= 11 is 0. The van der Waals surface area contributed by atoms with Gasteiger partial charge < -0.3 is 16.0 Å². The number of carbonyl (C=O) groups is 1. The van der Waals surface area contributed by atoms with Gasteiger partial charge in [0.05, 0.1) is 5.69 Å². The van der Waals surface area contributed by atoms with Crippen LogP contribution in [0.3, 0.4) is 0 Å². The van der Waals surface area contributed by atoms with Crippen molar-refractivity contribution in [2.75, 3.05) is 31.7 Å². The summed E-state index contributed by atoms with van der Waals surface area (Å²) in [5, 5.41) is 3.01. The minimum absolute atomic E-state index is 0.0141. The van der Waals surface area contributed by atoms with Crippen LogP contribution >= 0.6 is 0 Å². The van der Waals surface area contributed by atoms with E-state index in [1.807, 2.05) is 6.92 Å². The predicted molar refractivity (Wildman–Crippen MR) is 83.5 cm³/mol. The third-order valence-corrected chi connectivity index (χ3v) is 4.66. The first-order valence-electron chi connectivity index (χ1n) is 6.57. The van der Waals surface area contributed by atoms with Gasteiger partial charge in [0.2, 0.25) is 15.9 Å². The molecule has 0 aliphatic rings. The molecule has 7 nitrogen and oxygen atoms in total. The molecule has 1 rings (SSSR count). The first kappa shape index (κ1) is 17.3. The summed E-state index contributed by atoms with van der Waals surface area (Å²) in [6.45, 7) is 4.25. The Balaban J connectivity index is 2.93. The Labute approximate surface area is 125 Å². The quantitative estimate of drug-likeness (QED) is 0.662. The van der Waals surface area contributed by atoms with Gasteiger partial charge in [-0.2, -0.15) is 0 Å². The molecule has 1 aromatic rings. The number of nitrogens with one attached hydrogen (secondary N) is 2. The van der Waals surface area contributed by atoms with Gasteiger partial charge in [-0.05, 0) is 39.1 Å². The van der Waals surface area contributed by atoms with Crippen LogP contribution in [0.5, 0.6) is 0 Å². The molecule has 0 fully saturated rings. The molecular weight excluding hydrogens is 292 g/mol. The molecule has 0 spiro atoms. The molecular formula is C13H22N4O3S. The van der Waals surface area contributed by atoms with Crippen LogP contribution in [0.15, 0.2) is 23.1 Å². The number of hydrogen-bond acceptors (Lipinski definition) is 5. The molecule has 0 aromatic heterocycles. The fourth-order valence-corrected chi connectivity index (χ4v) is 2.63. The molecule has 1 aromatic carbocycles. The van der Waals surface area contributed by atoms with Gasteiger partial charge >= 0.3 is 0 Å². The third-order valence-electron chi connectivity index (χ3n) is 3.17. The highest BCUT2D eigenvalue weighted by Crippen LogP contribution is 2.22. The number of carbonyl (C=O) groups excluding carboxylic acids is 1. The van der Waals surface area contributed by atoms with Crippen LogP contribution < -0.4 is 15.8 Å². The van der Waals surface area contributed by atoms with Crippen LogP contribution in [-0.4, -0.2) is 45.9 Å². The van der Waals surface area contributed by atoms with Crippen LogP contribution in [-0.2, 0) is 14.8 Å². The van der Waals surface area contributed by atoms with Crippen LogP contribution in [0.1, 0.15) is 13.8 Å². The molecule has 0 heterocycles. The van der Waals surface area contributed by atoms with E-state index >= 15 is 0 Å². The summed E-state index contributed by atoms with van der Waals surface area (Å²) in [5.74, 6) is -0.0528. The zero-order valence-electron chi connectivity index (χ0n) is 12.7. The van der Waals surface area contributed by atoms with E-state index in [4.69, 9.17) is 5.73 Å². The summed E-state index contributed by atoms with van der Waals surface area (Å²) in [6.07, 6.45) is 0. The lowest BCUT2D eigenvalue weighted by atomic mass is 10.2. The Hall–Kier alpha value is -1.80. The molecule has 1 amide bonds. The van der Waals surface area contributed by atoms with Crippen molar-refractivity contribution in [3.63, 3.8) is 0 Å². The van der Waals surface area contributed by atoms with E-state index in [2.05, 4.69) is 10.0 Å². The maximum atomic E-state index is 12.0. The normalized spacial score (nSPS) is 12.8. The SMILES string of the molecule is CCN(C)C(=O)C(C)Nc1ccc(S(=O)(=O)NC)c(N)c1. The molecule has 0 saturated heterocycles. The van der Waals surface area contributed by atoms with E-state index in [0.29, 0.717) is 12.2 Å². The molecule has 0 bridgehead atoms. The average Bonchev–Trinajstić information content (AvgIpc) is 2.45. The number of likely N-dealkylation sites (N-methyl/N-ethyl adjacent to an activating group) is 1. The van der Waals surface area contributed by atoms with Gasteiger partial charge in [-0.25, -0.2) is 13.1 Å². The van der Waals surface area contributed by atoms with Crippen molar-refractivity contribution in [3.8, 4) is 0 Å². The van der Waals surface area contributed by atoms with E-state index in [9.17, 15) is 13.2 Å². The Kier molecular flexibility index (Phi) is 5.56. The van der Waals surface area contributed by atoms with Crippen LogP contribution in [0.4, 0.5) is 11.4 Å². The lowest BCUT2D eigenvalue weighted by Crippen LogP contribution is -2.38. The van der Waals surface area contributed by atoms with E-state index < -0.39 is 16.1 Å². The largest absolute Gasteiger partial charge is 0.398 e. The minimum atomic E-state index is -3.59. The highest BCUT2D eigenvalue weighted by atomic mass is 32.2. The Bertz CT molecular complexity index is 616. The number of nitrogens with two attached hydrogens (primary N) is 1. The van der Waals surface area contributed by atoms with Crippen LogP contribution in [0, 0.1) is 0 Å². The molecule has 1 atom stereocenters. The first-order chi connectivity index (χ1) is 9.72. The number of benzene rings is 1. The summed E-state index contributed by atoms with van der Waals surface area (Å²) in [7, 11) is -0.544. The maximum Gasteiger partial charge on any atom is 0.244 e. The molecule has 0 aliphatic heterocycles. The van der Waals surface area contributed by atoms with Gasteiger partial charge in [-0.3, -0.25) is 4.79 Å². The summed E-state index contributed by atoms with van der Waals surface area (Å²) in [5.41, 5.74) is 6.48. The van der Waals surface area contributed by atoms with E-state index in [1.54, 1.807) is 24.9 Å². The molecule has 8 heteroatoms. The second-order valence-corrected chi connectivity index (χ2v) is 6.53. The second-order valence-electron chi connectivity index (χ2n) is 4.68. The molecule has 0 radical (unpaired) electrons. The number of nitrogen functional groups attached to an aromatic ring is 1. The van der Waals surface area contributed by atoms with E-state index in [1.165, 1.54) is 19.2 Å². The van der Waals surface area contributed by atoms with Crippen molar-refractivity contribution in [1.29, 1.82) is 0 Å². The Morgan fingerprint density at radius 2 is 2.05 bits per heavy atom. The Morgan fingerprint density at radius 3 is 2.52 bits per heavy atom. The second kappa shape index (κ2) is 6.77.